The maximum Gasteiger partial charge on any atom is 0.419 e. The maximum absolute atomic E-state index is 12.7. The summed E-state index contributed by atoms with van der Waals surface area (Å²) in [6, 6.07) is 4.56. The molecule has 0 atom stereocenters. The Morgan fingerprint density at radius 2 is 1.76 bits per heavy atom. The van der Waals surface area contributed by atoms with Gasteiger partial charge in [0.05, 0.1) is 10.4 Å². The number of hydrogen-bond donors (Lipinski definition) is 0. The fourth-order valence-corrected chi connectivity index (χ4v) is 4.24. The topological polar surface area (TPSA) is 72.5 Å². The van der Waals surface area contributed by atoms with Crippen LogP contribution in [0.25, 0.3) is 11.1 Å². The minimum atomic E-state index is -3.51. The van der Waals surface area contributed by atoms with E-state index in [9.17, 15) is 13.2 Å². The minimum Gasteiger partial charge on any atom is -0.408 e. The molecule has 114 valence electrons. The summed E-state index contributed by atoms with van der Waals surface area (Å²) in [4.78, 5) is 11.7. The summed E-state index contributed by atoms with van der Waals surface area (Å²) in [6.07, 6.45) is 3.93. The smallest absolute Gasteiger partial charge is 0.408 e. The largest absolute Gasteiger partial charge is 0.419 e. The first-order valence-electron chi connectivity index (χ1n) is 7.10. The third-order valence-corrected chi connectivity index (χ3v) is 5.86. The van der Waals surface area contributed by atoms with Gasteiger partial charge in [0.1, 0.15) is 0 Å². The summed E-state index contributed by atoms with van der Waals surface area (Å²) in [6.45, 7) is 1.12. The number of rotatable bonds is 2. The van der Waals surface area contributed by atoms with Crippen molar-refractivity contribution in [3.05, 3.63) is 28.7 Å². The molecule has 0 N–H and O–H groups in total. The van der Waals surface area contributed by atoms with E-state index in [2.05, 4.69) is 0 Å². The summed E-state index contributed by atoms with van der Waals surface area (Å²) in [5.74, 6) is -0.491. The van der Waals surface area contributed by atoms with E-state index in [-0.39, 0.29) is 4.90 Å². The zero-order valence-corrected chi connectivity index (χ0v) is 12.7. The maximum atomic E-state index is 12.7. The number of nitrogens with zero attached hydrogens (tertiary/aromatic N) is 2. The van der Waals surface area contributed by atoms with Crippen LogP contribution in [0.2, 0.25) is 0 Å². The van der Waals surface area contributed by atoms with Crippen LogP contribution in [0.4, 0.5) is 0 Å². The molecule has 2 heterocycles. The van der Waals surface area contributed by atoms with Gasteiger partial charge in [0.25, 0.3) is 0 Å². The van der Waals surface area contributed by atoms with Gasteiger partial charge in [-0.2, -0.15) is 4.31 Å². The van der Waals surface area contributed by atoms with E-state index in [0.717, 1.165) is 25.7 Å². The van der Waals surface area contributed by atoms with E-state index in [1.54, 1.807) is 17.4 Å². The summed E-state index contributed by atoms with van der Waals surface area (Å²) >= 11 is 0. The van der Waals surface area contributed by atoms with Crippen molar-refractivity contribution >= 4 is 21.1 Å². The van der Waals surface area contributed by atoms with Gasteiger partial charge in [-0.25, -0.2) is 13.2 Å². The molecule has 1 aromatic carbocycles. The Kier molecular flexibility index (Phi) is 3.62. The lowest BCUT2D eigenvalue weighted by molar-refractivity contribution is 0.424. The first-order valence-corrected chi connectivity index (χ1v) is 8.54. The van der Waals surface area contributed by atoms with Gasteiger partial charge in [0, 0.05) is 20.1 Å². The number of aromatic nitrogens is 1. The third-order valence-electron chi connectivity index (χ3n) is 3.97. The third kappa shape index (κ3) is 2.51. The van der Waals surface area contributed by atoms with Gasteiger partial charge in [-0.05, 0) is 31.0 Å². The zero-order valence-electron chi connectivity index (χ0n) is 11.9. The summed E-state index contributed by atoms with van der Waals surface area (Å²) < 4.78 is 33.3. The van der Waals surface area contributed by atoms with Crippen LogP contribution in [0.3, 0.4) is 0 Å². The van der Waals surface area contributed by atoms with Gasteiger partial charge in [-0.15, -0.1) is 0 Å². The average molecular weight is 310 g/mol. The van der Waals surface area contributed by atoms with Crippen molar-refractivity contribution in [1.82, 2.24) is 8.87 Å². The number of sulfonamides is 1. The molecule has 0 amide bonds. The SMILES string of the molecule is Cn1c(=O)oc2ccc(S(=O)(=O)N3CCCCCC3)cc21. The Balaban J connectivity index is 2.05. The van der Waals surface area contributed by atoms with Crippen LogP contribution >= 0.6 is 0 Å². The molecule has 1 aliphatic rings. The molecule has 0 unspecified atom stereocenters. The molecule has 6 nitrogen and oxygen atoms in total. The van der Waals surface area contributed by atoms with E-state index in [1.807, 2.05) is 0 Å². The molecular weight excluding hydrogens is 292 g/mol. The predicted molar refractivity (Wildman–Crippen MR) is 78.7 cm³/mol. The first kappa shape index (κ1) is 14.3. The highest BCUT2D eigenvalue weighted by Crippen LogP contribution is 2.23. The summed E-state index contributed by atoms with van der Waals surface area (Å²) in [7, 11) is -1.94. The van der Waals surface area contributed by atoms with Gasteiger partial charge in [-0.3, -0.25) is 4.57 Å². The van der Waals surface area contributed by atoms with Gasteiger partial charge in [-0.1, -0.05) is 12.8 Å². The molecule has 0 aliphatic carbocycles. The molecule has 1 aromatic heterocycles. The number of benzene rings is 1. The fraction of sp³-hybridized carbons (Fsp3) is 0.500. The molecule has 1 aliphatic heterocycles. The molecule has 1 fully saturated rings. The van der Waals surface area contributed by atoms with E-state index in [4.69, 9.17) is 4.42 Å². The Morgan fingerprint density at radius 1 is 1.10 bits per heavy atom. The number of hydrogen-bond acceptors (Lipinski definition) is 4. The van der Waals surface area contributed by atoms with Crippen molar-refractivity contribution in [1.29, 1.82) is 0 Å². The first-order chi connectivity index (χ1) is 10.00. The standard InChI is InChI=1S/C14H18N2O4S/c1-15-12-10-11(6-7-13(12)20-14(15)17)21(18,19)16-8-4-2-3-5-9-16/h6-7,10H,2-5,8-9H2,1H3. The normalized spacial score (nSPS) is 18.0. The Morgan fingerprint density at radius 3 is 2.43 bits per heavy atom. The Hall–Kier alpha value is -1.60. The molecule has 1 saturated heterocycles. The molecule has 0 spiro atoms. The highest BCUT2D eigenvalue weighted by molar-refractivity contribution is 7.89. The summed E-state index contributed by atoms with van der Waals surface area (Å²) in [5, 5.41) is 0. The second-order valence-electron chi connectivity index (χ2n) is 5.37. The van der Waals surface area contributed by atoms with Crippen molar-refractivity contribution in [3.63, 3.8) is 0 Å². The van der Waals surface area contributed by atoms with Crippen molar-refractivity contribution in [3.8, 4) is 0 Å². The number of oxazole rings is 1. The molecule has 0 saturated carbocycles. The molecule has 7 heteroatoms. The van der Waals surface area contributed by atoms with Crippen LogP contribution in [0, 0.1) is 0 Å². The number of aryl methyl sites for hydroxylation is 1. The van der Waals surface area contributed by atoms with Crippen LogP contribution in [-0.4, -0.2) is 30.4 Å². The van der Waals surface area contributed by atoms with Crippen molar-refractivity contribution in [2.45, 2.75) is 30.6 Å². The van der Waals surface area contributed by atoms with Gasteiger partial charge in [0.2, 0.25) is 10.0 Å². The van der Waals surface area contributed by atoms with Gasteiger partial charge in [0.15, 0.2) is 5.58 Å². The fourth-order valence-electron chi connectivity index (χ4n) is 2.70. The van der Waals surface area contributed by atoms with Crippen molar-refractivity contribution in [2.24, 2.45) is 7.05 Å². The molecule has 0 bridgehead atoms. The predicted octanol–water partition coefficient (Wildman–Crippen LogP) is 1.70. The van der Waals surface area contributed by atoms with E-state index in [1.165, 1.54) is 16.7 Å². The second-order valence-corrected chi connectivity index (χ2v) is 7.31. The van der Waals surface area contributed by atoms with Crippen LogP contribution in [0.15, 0.2) is 32.3 Å². The molecule has 21 heavy (non-hydrogen) atoms. The van der Waals surface area contributed by atoms with Crippen molar-refractivity contribution < 1.29 is 12.8 Å². The van der Waals surface area contributed by atoms with Crippen LogP contribution in [0.5, 0.6) is 0 Å². The lowest BCUT2D eigenvalue weighted by Gasteiger charge is -2.19. The van der Waals surface area contributed by atoms with Crippen LogP contribution in [-0.2, 0) is 17.1 Å². The average Bonchev–Trinajstić information content (AvgIpc) is 2.67. The zero-order chi connectivity index (χ0) is 15.0. The lowest BCUT2D eigenvalue weighted by Crippen LogP contribution is -2.31. The number of fused-ring (bicyclic) bond motifs is 1. The second kappa shape index (κ2) is 5.31. The highest BCUT2D eigenvalue weighted by Gasteiger charge is 2.25. The Labute approximate surface area is 123 Å². The molecule has 0 radical (unpaired) electrons. The van der Waals surface area contributed by atoms with E-state index >= 15 is 0 Å². The monoisotopic (exact) mass is 310 g/mol. The van der Waals surface area contributed by atoms with E-state index in [0.29, 0.717) is 24.2 Å². The van der Waals surface area contributed by atoms with Crippen LogP contribution in [0.1, 0.15) is 25.7 Å². The van der Waals surface area contributed by atoms with Gasteiger partial charge >= 0.3 is 5.76 Å². The summed E-state index contributed by atoms with van der Waals surface area (Å²) in [5.41, 5.74) is 0.896. The van der Waals surface area contributed by atoms with Gasteiger partial charge < -0.3 is 4.42 Å². The van der Waals surface area contributed by atoms with Crippen molar-refractivity contribution in [2.75, 3.05) is 13.1 Å². The molecular formula is C14H18N2O4S. The molecule has 2 aromatic rings. The Bertz CT molecular complexity index is 811. The quantitative estimate of drug-likeness (QED) is 0.846. The minimum absolute atomic E-state index is 0.216. The molecule has 3 rings (SSSR count). The highest BCUT2D eigenvalue weighted by atomic mass is 32.2. The van der Waals surface area contributed by atoms with E-state index < -0.39 is 15.8 Å². The lowest BCUT2D eigenvalue weighted by atomic mass is 10.2. The van der Waals surface area contributed by atoms with Crippen LogP contribution < -0.4 is 5.76 Å².